The Morgan fingerprint density at radius 3 is 2.29 bits per heavy atom. The largest absolute Gasteiger partial charge is 0.381 e. The number of nitrogens with one attached hydrogen (secondary N) is 1. The smallest absolute Gasteiger partial charge is 0.169 e. The molecule has 21 heavy (non-hydrogen) atoms. The summed E-state index contributed by atoms with van der Waals surface area (Å²) in [6.07, 6.45) is 0. The van der Waals surface area contributed by atoms with Gasteiger partial charge in [-0.2, -0.15) is 0 Å². The quantitative estimate of drug-likeness (QED) is 0.885. The fourth-order valence-electron chi connectivity index (χ4n) is 2.05. The lowest BCUT2D eigenvalue weighted by molar-refractivity contribution is 0.581. The Balaban J connectivity index is 2.19. The molecule has 0 fully saturated rings. The average molecular weight is 292 g/mol. The van der Waals surface area contributed by atoms with Crippen molar-refractivity contribution in [2.24, 2.45) is 0 Å². The van der Waals surface area contributed by atoms with Crippen molar-refractivity contribution < 1.29 is 8.78 Å². The van der Waals surface area contributed by atoms with Crippen molar-refractivity contribution >= 4 is 23.0 Å². The lowest BCUT2D eigenvalue weighted by atomic mass is 10.2. The minimum atomic E-state index is -0.866. The molecule has 112 valence electrons. The van der Waals surface area contributed by atoms with Crippen LogP contribution < -0.4 is 16.0 Å². The highest BCUT2D eigenvalue weighted by atomic mass is 19.1. The molecule has 0 aliphatic heterocycles. The number of aromatic nitrogens is 1. The summed E-state index contributed by atoms with van der Waals surface area (Å²) in [5.74, 6) is -2.08. The van der Waals surface area contributed by atoms with E-state index >= 15 is 0 Å². The highest BCUT2D eigenvalue weighted by molar-refractivity contribution is 5.62. The molecule has 0 aliphatic carbocycles. The molecule has 0 saturated carbocycles. The summed E-state index contributed by atoms with van der Waals surface area (Å²) in [4.78, 5) is 5.86. The maximum Gasteiger partial charge on any atom is 0.169 e. The third-order valence-corrected chi connectivity index (χ3v) is 3.22. The van der Waals surface area contributed by atoms with Gasteiger partial charge >= 0.3 is 0 Å². The van der Waals surface area contributed by atoms with E-state index in [0.29, 0.717) is 5.69 Å². The van der Waals surface area contributed by atoms with Gasteiger partial charge in [-0.3, -0.25) is 0 Å². The predicted molar refractivity (Wildman–Crippen MR) is 81.9 cm³/mol. The zero-order valence-electron chi connectivity index (χ0n) is 12.0. The number of nitrogen functional groups attached to an aromatic ring is 1. The van der Waals surface area contributed by atoms with Crippen LogP contribution in [0.2, 0.25) is 0 Å². The molecule has 0 spiro atoms. The van der Waals surface area contributed by atoms with Crippen molar-refractivity contribution in [3.63, 3.8) is 0 Å². The van der Waals surface area contributed by atoms with E-state index in [4.69, 9.17) is 5.73 Å². The third kappa shape index (κ3) is 3.39. The topological polar surface area (TPSA) is 54.2 Å². The number of hydrogen-bond donors (Lipinski definition) is 2. The van der Waals surface area contributed by atoms with Gasteiger partial charge in [0.1, 0.15) is 0 Å². The van der Waals surface area contributed by atoms with Crippen LogP contribution in [0.4, 0.5) is 31.8 Å². The van der Waals surface area contributed by atoms with Crippen LogP contribution in [0.1, 0.15) is 13.8 Å². The van der Waals surface area contributed by atoms with Crippen LogP contribution in [-0.2, 0) is 0 Å². The van der Waals surface area contributed by atoms with Crippen LogP contribution in [0.25, 0.3) is 0 Å². The zero-order valence-corrected chi connectivity index (χ0v) is 12.0. The molecule has 0 bridgehead atoms. The Morgan fingerprint density at radius 1 is 1.10 bits per heavy atom. The lowest BCUT2D eigenvalue weighted by Crippen LogP contribution is -2.21. The van der Waals surface area contributed by atoms with Gasteiger partial charge in [0, 0.05) is 30.5 Å². The number of hydrogen-bond acceptors (Lipinski definition) is 4. The van der Waals surface area contributed by atoms with E-state index in [9.17, 15) is 8.78 Å². The fourth-order valence-corrected chi connectivity index (χ4v) is 2.05. The molecule has 3 N–H and O–H groups in total. The summed E-state index contributed by atoms with van der Waals surface area (Å²) in [5, 5.41) is 2.79. The molecule has 1 aromatic carbocycles. The Morgan fingerprint density at radius 2 is 1.71 bits per heavy atom. The number of pyridine rings is 1. The minimum Gasteiger partial charge on any atom is -0.381 e. The number of halogens is 2. The van der Waals surface area contributed by atoms with Crippen LogP contribution >= 0.6 is 0 Å². The molecule has 2 rings (SSSR count). The van der Waals surface area contributed by atoms with Gasteiger partial charge in [0.25, 0.3) is 0 Å². The summed E-state index contributed by atoms with van der Waals surface area (Å²) >= 11 is 0. The van der Waals surface area contributed by atoms with Gasteiger partial charge < -0.3 is 16.0 Å². The highest BCUT2D eigenvalue weighted by Gasteiger charge is 2.10. The van der Waals surface area contributed by atoms with Crippen LogP contribution in [0.5, 0.6) is 0 Å². The van der Waals surface area contributed by atoms with Gasteiger partial charge in [-0.15, -0.1) is 0 Å². The summed E-state index contributed by atoms with van der Waals surface area (Å²) in [6.45, 7) is 5.98. The van der Waals surface area contributed by atoms with Crippen molar-refractivity contribution in [2.75, 3.05) is 29.0 Å². The van der Waals surface area contributed by atoms with Gasteiger partial charge in [-0.05, 0) is 38.1 Å². The van der Waals surface area contributed by atoms with E-state index in [2.05, 4.69) is 29.0 Å². The van der Waals surface area contributed by atoms with Gasteiger partial charge in [-0.1, -0.05) is 0 Å². The number of anilines is 4. The molecular weight excluding hydrogens is 274 g/mol. The molecule has 0 unspecified atom stereocenters. The molecule has 6 heteroatoms. The number of nitrogens with zero attached hydrogens (tertiary/aromatic N) is 2. The molecule has 4 nitrogen and oxygen atoms in total. The molecule has 0 amide bonds. The summed E-state index contributed by atoms with van der Waals surface area (Å²) in [7, 11) is 0. The van der Waals surface area contributed by atoms with E-state index in [-0.39, 0.29) is 11.6 Å². The first-order chi connectivity index (χ1) is 10.0. The fraction of sp³-hybridized carbons (Fsp3) is 0.267. The number of nitrogens with two attached hydrogens (primary N) is 1. The molecule has 0 saturated heterocycles. The molecule has 1 aromatic heterocycles. The van der Waals surface area contributed by atoms with Gasteiger partial charge in [0.05, 0.1) is 0 Å². The first-order valence-electron chi connectivity index (χ1n) is 6.78. The number of rotatable bonds is 5. The van der Waals surface area contributed by atoms with Crippen molar-refractivity contribution in [3.05, 3.63) is 42.0 Å². The average Bonchev–Trinajstić information content (AvgIpc) is 2.48. The second-order valence-corrected chi connectivity index (χ2v) is 4.53. The van der Waals surface area contributed by atoms with Crippen molar-refractivity contribution in [2.45, 2.75) is 13.8 Å². The lowest BCUT2D eigenvalue weighted by Gasteiger charge is -2.21. The van der Waals surface area contributed by atoms with Crippen LogP contribution in [0, 0.1) is 11.6 Å². The van der Waals surface area contributed by atoms with Crippen LogP contribution in [-0.4, -0.2) is 18.1 Å². The maximum atomic E-state index is 13.6. The first kappa shape index (κ1) is 15.0. The summed E-state index contributed by atoms with van der Waals surface area (Å²) in [6, 6.07) is 8.21. The summed E-state index contributed by atoms with van der Waals surface area (Å²) < 4.78 is 26.7. The maximum absolute atomic E-state index is 13.6. The Bertz CT molecular complexity index is 610. The van der Waals surface area contributed by atoms with E-state index in [1.54, 1.807) is 0 Å². The SMILES string of the molecule is CCN(CC)c1ccc(Nc2nc(N)c(F)cc2F)cc1. The van der Waals surface area contributed by atoms with E-state index in [0.717, 1.165) is 24.8 Å². The van der Waals surface area contributed by atoms with Crippen molar-refractivity contribution in [3.8, 4) is 0 Å². The standard InChI is InChI=1S/C15H18F2N4/c1-3-21(4-2)11-7-5-10(6-8-11)19-15-13(17)9-12(16)14(18)20-15/h5-9H,3-4H2,1-2H3,(H3,18,19,20). The monoisotopic (exact) mass is 292 g/mol. The molecule has 0 atom stereocenters. The van der Waals surface area contributed by atoms with Crippen molar-refractivity contribution in [1.82, 2.24) is 4.98 Å². The van der Waals surface area contributed by atoms with Crippen LogP contribution in [0.15, 0.2) is 30.3 Å². The van der Waals surface area contributed by atoms with Gasteiger partial charge in [0.2, 0.25) is 0 Å². The normalized spacial score (nSPS) is 10.5. The molecule has 2 aromatic rings. The van der Waals surface area contributed by atoms with E-state index in [1.807, 2.05) is 24.3 Å². The third-order valence-electron chi connectivity index (χ3n) is 3.22. The molecule has 0 aliphatic rings. The van der Waals surface area contributed by atoms with Crippen molar-refractivity contribution in [1.29, 1.82) is 0 Å². The van der Waals surface area contributed by atoms with E-state index in [1.165, 1.54) is 0 Å². The second-order valence-electron chi connectivity index (χ2n) is 4.53. The van der Waals surface area contributed by atoms with E-state index < -0.39 is 11.6 Å². The zero-order chi connectivity index (χ0) is 15.4. The molecule has 1 heterocycles. The molecule has 0 radical (unpaired) electrons. The Kier molecular flexibility index (Phi) is 4.57. The van der Waals surface area contributed by atoms with Crippen LogP contribution in [0.3, 0.4) is 0 Å². The minimum absolute atomic E-state index is 0.0931. The Labute approximate surface area is 122 Å². The predicted octanol–water partition coefficient (Wildman–Crippen LogP) is 3.53. The van der Waals surface area contributed by atoms with Gasteiger partial charge in [0.15, 0.2) is 23.3 Å². The molecular formula is C15H18F2N4. The highest BCUT2D eigenvalue weighted by Crippen LogP contribution is 2.23. The Hall–Kier alpha value is -2.37. The number of benzene rings is 1. The second kappa shape index (κ2) is 6.39. The first-order valence-corrected chi connectivity index (χ1v) is 6.78. The summed E-state index contributed by atoms with van der Waals surface area (Å²) in [5.41, 5.74) is 7.08. The van der Waals surface area contributed by atoms with Gasteiger partial charge in [-0.25, -0.2) is 13.8 Å².